The van der Waals surface area contributed by atoms with Gasteiger partial charge in [0, 0.05) is 44.6 Å². The summed E-state index contributed by atoms with van der Waals surface area (Å²) >= 11 is 0. The lowest BCUT2D eigenvalue weighted by atomic mass is 10.2. The van der Waals surface area contributed by atoms with Crippen molar-refractivity contribution in [3.8, 4) is 0 Å². The predicted octanol–water partition coefficient (Wildman–Crippen LogP) is 2.12. The summed E-state index contributed by atoms with van der Waals surface area (Å²) in [6.07, 6.45) is 3.71. The van der Waals surface area contributed by atoms with Crippen LogP contribution in [0.15, 0.2) is 42.6 Å². The molecule has 0 unspecified atom stereocenters. The van der Waals surface area contributed by atoms with Gasteiger partial charge in [-0.3, -0.25) is 14.7 Å². The van der Waals surface area contributed by atoms with Crippen LogP contribution in [0.1, 0.15) is 29.0 Å². The van der Waals surface area contributed by atoms with Gasteiger partial charge in [0.1, 0.15) is 11.5 Å². The number of hydrogen-bond donors (Lipinski definition) is 1. The normalized spacial score (nSPS) is 15.0. The molecule has 26 heavy (non-hydrogen) atoms. The zero-order valence-electron chi connectivity index (χ0n) is 15.4. The first-order valence-corrected chi connectivity index (χ1v) is 9.32. The van der Waals surface area contributed by atoms with Crippen LogP contribution in [0.4, 0.5) is 5.82 Å². The summed E-state index contributed by atoms with van der Waals surface area (Å²) in [5.41, 5.74) is 1.55. The van der Waals surface area contributed by atoms with E-state index in [0.29, 0.717) is 12.2 Å². The zero-order chi connectivity index (χ0) is 18.2. The number of carbonyl (C=O) groups is 1. The fourth-order valence-electron chi connectivity index (χ4n) is 3.16. The van der Waals surface area contributed by atoms with Gasteiger partial charge in [0.25, 0.3) is 5.91 Å². The van der Waals surface area contributed by atoms with Gasteiger partial charge in [0.15, 0.2) is 0 Å². The van der Waals surface area contributed by atoms with Crippen molar-refractivity contribution >= 4 is 11.7 Å². The van der Waals surface area contributed by atoms with Gasteiger partial charge >= 0.3 is 0 Å². The van der Waals surface area contributed by atoms with Crippen LogP contribution in [-0.2, 0) is 0 Å². The largest absolute Gasteiger partial charge is 0.354 e. The van der Waals surface area contributed by atoms with Crippen LogP contribution in [0.2, 0.25) is 0 Å². The molecule has 1 fully saturated rings. The Morgan fingerprint density at radius 3 is 2.65 bits per heavy atom. The molecular weight excluding hydrogens is 326 g/mol. The second kappa shape index (κ2) is 9.29. The highest BCUT2D eigenvalue weighted by atomic mass is 16.1. The highest BCUT2D eigenvalue weighted by Crippen LogP contribution is 2.14. The van der Waals surface area contributed by atoms with Crippen LogP contribution in [0.25, 0.3) is 0 Å². The molecule has 0 radical (unpaired) electrons. The Morgan fingerprint density at radius 1 is 1.08 bits per heavy atom. The quantitative estimate of drug-likeness (QED) is 0.773. The van der Waals surface area contributed by atoms with Gasteiger partial charge in [-0.1, -0.05) is 12.1 Å². The monoisotopic (exact) mass is 353 g/mol. The molecule has 0 saturated carbocycles. The maximum atomic E-state index is 11.9. The minimum atomic E-state index is -0.0927. The molecule has 0 aromatic carbocycles. The molecule has 0 atom stereocenters. The van der Waals surface area contributed by atoms with Gasteiger partial charge in [-0.15, -0.1) is 0 Å². The molecular formula is C20H27N5O. The number of piperazine rings is 1. The Kier molecular flexibility index (Phi) is 6.55. The van der Waals surface area contributed by atoms with Crippen LogP contribution in [0.3, 0.4) is 0 Å². The van der Waals surface area contributed by atoms with E-state index in [9.17, 15) is 4.79 Å². The van der Waals surface area contributed by atoms with Gasteiger partial charge < -0.3 is 10.2 Å². The van der Waals surface area contributed by atoms with Gasteiger partial charge in [-0.05, 0) is 50.6 Å². The van der Waals surface area contributed by atoms with Gasteiger partial charge in [0.2, 0.25) is 0 Å². The molecule has 6 heteroatoms. The lowest BCUT2D eigenvalue weighted by Gasteiger charge is -2.35. The molecule has 0 aliphatic carbocycles. The molecule has 0 spiro atoms. The Balaban J connectivity index is 1.30. The number of rotatable bonds is 7. The number of pyridine rings is 2. The summed E-state index contributed by atoms with van der Waals surface area (Å²) in [7, 11) is 0. The van der Waals surface area contributed by atoms with Crippen molar-refractivity contribution in [2.75, 3.05) is 44.2 Å². The number of aryl methyl sites for hydroxylation is 1. The third-order valence-corrected chi connectivity index (χ3v) is 4.65. The van der Waals surface area contributed by atoms with Crippen molar-refractivity contribution < 1.29 is 4.79 Å². The average Bonchev–Trinajstić information content (AvgIpc) is 2.69. The van der Waals surface area contributed by atoms with Gasteiger partial charge in [0.05, 0.1) is 0 Å². The Bertz CT molecular complexity index is 698. The average molecular weight is 353 g/mol. The van der Waals surface area contributed by atoms with Crippen LogP contribution in [0, 0.1) is 6.92 Å². The third kappa shape index (κ3) is 5.26. The van der Waals surface area contributed by atoms with E-state index in [1.807, 2.05) is 25.1 Å². The zero-order valence-corrected chi connectivity index (χ0v) is 15.4. The van der Waals surface area contributed by atoms with E-state index >= 15 is 0 Å². The maximum absolute atomic E-state index is 11.9. The van der Waals surface area contributed by atoms with Crippen molar-refractivity contribution in [3.05, 3.63) is 54.0 Å². The summed E-state index contributed by atoms with van der Waals surface area (Å²) in [5.74, 6) is 0.992. The molecule has 1 aliphatic rings. The minimum absolute atomic E-state index is 0.0927. The number of hydrogen-bond acceptors (Lipinski definition) is 5. The Morgan fingerprint density at radius 2 is 1.92 bits per heavy atom. The molecule has 2 aromatic rings. The predicted molar refractivity (Wildman–Crippen MR) is 103 cm³/mol. The first-order chi connectivity index (χ1) is 12.7. The first-order valence-electron chi connectivity index (χ1n) is 9.32. The summed E-state index contributed by atoms with van der Waals surface area (Å²) < 4.78 is 0. The highest BCUT2D eigenvalue weighted by molar-refractivity contribution is 5.92. The number of aromatic nitrogens is 2. The summed E-state index contributed by atoms with van der Waals surface area (Å²) in [4.78, 5) is 25.4. The SMILES string of the molecule is Cc1cccc(N2CCN(CCCCNC(=O)c3ccccn3)CC2)n1. The van der Waals surface area contributed by atoms with E-state index in [0.717, 1.165) is 57.1 Å². The molecule has 6 nitrogen and oxygen atoms in total. The number of unbranched alkanes of at least 4 members (excludes halogenated alkanes) is 1. The minimum Gasteiger partial charge on any atom is -0.354 e. The molecule has 2 aromatic heterocycles. The molecule has 1 amide bonds. The van der Waals surface area contributed by atoms with E-state index in [2.05, 4.69) is 37.2 Å². The highest BCUT2D eigenvalue weighted by Gasteiger charge is 2.17. The van der Waals surface area contributed by atoms with E-state index in [1.165, 1.54) is 0 Å². The molecule has 1 aliphatic heterocycles. The van der Waals surface area contributed by atoms with Crippen molar-refractivity contribution in [2.45, 2.75) is 19.8 Å². The van der Waals surface area contributed by atoms with Crippen LogP contribution >= 0.6 is 0 Å². The van der Waals surface area contributed by atoms with Gasteiger partial charge in [-0.25, -0.2) is 4.98 Å². The molecule has 0 bridgehead atoms. The van der Waals surface area contributed by atoms with E-state index in [1.54, 1.807) is 12.3 Å². The van der Waals surface area contributed by atoms with Crippen molar-refractivity contribution in [3.63, 3.8) is 0 Å². The smallest absolute Gasteiger partial charge is 0.269 e. The number of nitrogens with one attached hydrogen (secondary N) is 1. The van der Waals surface area contributed by atoms with E-state index in [4.69, 9.17) is 0 Å². The van der Waals surface area contributed by atoms with E-state index < -0.39 is 0 Å². The van der Waals surface area contributed by atoms with Crippen molar-refractivity contribution in [2.24, 2.45) is 0 Å². The molecule has 138 valence electrons. The van der Waals surface area contributed by atoms with Crippen molar-refractivity contribution in [1.29, 1.82) is 0 Å². The second-order valence-corrected chi connectivity index (χ2v) is 6.64. The fraction of sp³-hybridized carbons (Fsp3) is 0.450. The number of carbonyl (C=O) groups excluding carboxylic acids is 1. The summed E-state index contributed by atoms with van der Waals surface area (Å²) in [6, 6.07) is 11.6. The van der Waals surface area contributed by atoms with E-state index in [-0.39, 0.29) is 5.91 Å². The van der Waals surface area contributed by atoms with Crippen LogP contribution in [0.5, 0.6) is 0 Å². The Hall–Kier alpha value is -2.47. The fourth-order valence-corrected chi connectivity index (χ4v) is 3.16. The number of anilines is 1. The van der Waals surface area contributed by atoms with Gasteiger partial charge in [-0.2, -0.15) is 0 Å². The maximum Gasteiger partial charge on any atom is 0.269 e. The van der Waals surface area contributed by atoms with Crippen LogP contribution < -0.4 is 10.2 Å². The molecule has 3 rings (SSSR count). The second-order valence-electron chi connectivity index (χ2n) is 6.64. The molecule has 1 saturated heterocycles. The summed E-state index contributed by atoms with van der Waals surface area (Å²) in [6.45, 7) is 7.98. The number of amides is 1. The van der Waals surface area contributed by atoms with Crippen molar-refractivity contribution in [1.82, 2.24) is 20.2 Å². The first kappa shape index (κ1) is 18.3. The lowest BCUT2D eigenvalue weighted by molar-refractivity contribution is 0.0947. The third-order valence-electron chi connectivity index (χ3n) is 4.65. The summed E-state index contributed by atoms with van der Waals surface area (Å²) in [5, 5.41) is 2.93. The topological polar surface area (TPSA) is 61.4 Å². The van der Waals surface area contributed by atoms with Crippen LogP contribution in [-0.4, -0.2) is 60.0 Å². The molecule has 1 N–H and O–H groups in total. The standard InChI is InChI=1S/C20H27N5O/c1-17-7-6-9-19(23-17)25-15-13-24(14-16-25)12-5-4-11-22-20(26)18-8-2-3-10-21-18/h2-3,6-10H,4-5,11-16H2,1H3,(H,22,26). The Labute approximate surface area is 155 Å². The molecule has 3 heterocycles. The number of nitrogens with zero attached hydrogens (tertiary/aromatic N) is 4. The lowest BCUT2D eigenvalue weighted by Crippen LogP contribution is -2.47.